The average Bonchev–Trinajstić information content (AvgIpc) is 2.76. The molecule has 0 amide bonds. The van der Waals surface area contributed by atoms with Crippen molar-refractivity contribution in [1.82, 2.24) is 9.55 Å². The molecule has 0 unspecified atom stereocenters. The smallest absolute Gasteiger partial charge is 0.328 e. The van der Waals surface area contributed by atoms with Crippen LogP contribution in [-0.4, -0.2) is 25.4 Å². The van der Waals surface area contributed by atoms with E-state index in [1.807, 2.05) is 30.3 Å². The monoisotopic (exact) mass is 290 g/mol. The van der Waals surface area contributed by atoms with Crippen molar-refractivity contribution in [3.63, 3.8) is 0 Å². The zero-order valence-corrected chi connectivity index (χ0v) is 12.4. The third-order valence-corrected chi connectivity index (χ3v) is 3.38. The minimum atomic E-state index is -0.905. The predicted molar refractivity (Wildman–Crippen MR) is 81.2 cm³/mol. The van der Waals surface area contributed by atoms with Gasteiger partial charge in [-0.3, -0.25) is 0 Å². The first-order chi connectivity index (χ1) is 9.39. The van der Waals surface area contributed by atoms with Crippen LogP contribution in [-0.2, 0) is 11.2 Å². The number of nitrogens with zero attached hydrogens (tertiary/aromatic N) is 2. The Morgan fingerprint density at radius 3 is 2.60 bits per heavy atom. The third-order valence-electron chi connectivity index (χ3n) is 3.14. The number of hydrogen-bond acceptors (Lipinski definition) is 3. The Labute approximate surface area is 123 Å². The van der Waals surface area contributed by atoms with Crippen LogP contribution in [0.1, 0.15) is 31.3 Å². The summed E-state index contributed by atoms with van der Waals surface area (Å²) in [6.45, 7) is 3.59. The molecule has 0 saturated heterocycles. The van der Waals surface area contributed by atoms with Gasteiger partial charge in [-0.05, 0) is 19.4 Å². The molecule has 0 saturated carbocycles. The number of hydrogen-bond donors (Lipinski definition) is 2. The Balaban J connectivity index is 2.34. The molecule has 106 valence electrons. The Morgan fingerprint density at radius 1 is 1.40 bits per heavy atom. The van der Waals surface area contributed by atoms with Crippen LogP contribution in [0.15, 0.2) is 42.7 Å². The molecule has 1 heterocycles. The molecule has 0 fully saturated rings. The van der Waals surface area contributed by atoms with Crippen molar-refractivity contribution in [2.75, 3.05) is 0 Å². The van der Waals surface area contributed by atoms with Gasteiger partial charge < -0.3 is 9.67 Å². The van der Waals surface area contributed by atoms with Crippen LogP contribution in [0.3, 0.4) is 0 Å². The van der Waals surface area contributed by atoms with Gasteiger partial charge in [0.25, 0.3) is 0 Å². The van der Waals surface area contributed by atoms with E-state index < -0.39 is 16.8 Å². The van der Waals surface area contributed by atoms with Gasteiger partial charge in [0.05, 0.1) is 0 Å². The van der Waals surface area contributed by atoms with E-state index >= 15 is 0 Å². The molecule has 0 aliphatic heterocycles. The number of rotatable bonds is 5. The number of carboxylic acid groups (broad SMARTS) is 1. The lowest BCUT2D eigenvalue weighted by Crippen LogP contribution is -2.35. The molecule has 2 rings (SSSR count). The van der Waals surface area contributed by atoms with Crippen molar-refractivity contribution < 1.29 is 9.90 Å². The molecule has 0 aliphatic rings. The van der Waals surface area contributed by atoms with Crippen molar-refractivity contribution >= 4 is 18.6 Å². The summed E-state index contributed by atoms with van der Waals surface area (Å²) >= 11 is 4.42. The maximum atomic E-state index is 11.6. The minimum Gasteiger partial charge on any atom is -0.480 e. The van der Waals surface area contributed by atoms with Gasteiger partial charge in [0.2, 0.25) is 0 Å². The highest BCUT2D eigenvalue weighted by molar-refractivity contribution is 7.81. The van der Waals surface area contributed by atoms with Crippen LogP contribution < -0.4 is 0 Å². The van der Waals surface area contributed by atoms with E-state index in [0.29, 0.717) is 6.42 Å². The Bertz CT molecular complexity index is 587. The molecule has 5 heteroatoms. The summed E-state index contributed by atoms with van der Waals surface area (Å²) < 4.78 is 1.01. The number of thiol groups is 1. The van der Waals surface area contributed by atoms with Crippen molar-refractivity contribution in [1.29, 1.82) is 0 Å². The lowest BCUT2D eigenvalue weighted by atomic mass is 10.0. The molecular formula is C15H18N2O2S. The lowest BCUT2D eigenvalue weighted by Gasteiger charge is -2.28. The maximum absolute atomic E-state index is 11.6. The SMILES string of the molecule is CC(C)(S)[C@H](C(=O)O)n1ccnc1Cc1ccccc1. The molecule has 4 nitrogen and oxygen atoms in total. The summed E-state index contributed by atoms with van der Waals surface area (Å²) in [5.41, 5.74) is 1.10. The minimum absolute atomic E-state index is 0.599. The van der Waals surface area contributed by atoms with Gasteiger partial charge in [-0.2, -0.15) is 12.6 Å². The highest BCUT2D eigenvalue weighted by atomic mass is 32.1. The van der Waals surface area contributed by atoms with Crippen LogP contribution in [0.25, 0.3) is 0 Å². The van der Waals surface area contributed by atoms with Crippen LogP contribution in [0.5, 0.6) is 0 Å². The van der Waals surface area contributed by atoms with Crippen LogP contribution in [0.2, 0.25) is 0 Å². The van der Waals surface area contributed by atoms with Crippen LogP contribution >= 0.6 is 12.6 Å². The van der Waals surface area contributed by atoms with Gasteiger partial charge in [-0.15, -0.1) is 0 Å². The zero-order valence-electron chi connectivity index (χ0n) is 11.5. The van der Waals surface area contributed by atoms with Crippen LogP contribution in [0.4, 0.5) is 0 Å². The molecule has 0 bridgehead atoms. The summed E-state index contributed by atoms with van der Waals surface area (Å²) in [6, 6.07) is 9.11. The highest BCUT2D eigenvalue weighted by Crippen LogP contribution is 2.30. The van der Waals surface area contributed by atoms with E-state index in [9.17, 15) is 9.90 Å². The van der Waals surface area contributed by atoms with E-state index in [1.165, 1.54) is 0 Å². The standard InChI is InChI=1S/C15H18N2O2S/c1-15(2,20)13(14(18)19)17-9-8-16-12(17)10-11-6-4-3-5-7-11/h3-9,13,20H,10H2,1-2H3,(H,18,19)/t13-/m0/s1. The number of carboxylic acids is 1. The second-order valence-corrected chi connectivity index (χ2v) is 6.46. The summed E-state index contributed by atoms with van der Waals surface area (Å²) in [5.74, 6) is -0.178. The van der Waals surface area contributed by atoms with E-state index in [0.717, 1.165) is 11.4 Å². The Kier molecular flexibility index (Phi) is 4.18. The lowest BCUT2D eigenvalue weighted by molar-refractivity contribution is -0.141. The quantitative estimate of drug-likeness (QED) is 0.833. The molecule has 0 spiro atoms. The first-order valence-corrected chi connectivity index (χ1v) is 6.85. The fourth-order valence-corrected chi connectivity index (χ4v) is 2.49. The molecule has 1 aromatic heterocycles. The predicted octanol–water partition coefficient (Wildman–Crippen LogP) is 2.81. The van der Waals surface area contributed by atoms with Gasteiger partial charge in [-0.1, -0.05) is 30.3 Å². The van der Waals surface area contributed by atoms with Crippen molar-refractivity contribution in [3.05, 3.63) is 54.1 Å². The third kappa shape index (κ3) is 3.22. The van der Waals surface area contributed by atoms with Crippen molar-refractivity contribution in [2.24, 2.45) is 0 Å². The summed E-state index contributed by atoms with van der Waals surface area (Å²) in [4.78, 5) is 15.8. The molecule has 1 aromatic carbocycles. The van der Waals surface area contributed by atoms with Crippen LogP contribution in [0, 0.1) is 0 Å². The number of aromatic nitrogens is 2. The normalized spacial score (nSPS) is 13.2. The molecule has 1 N–H and O–H groups in total. The average molecular weight is 290 g/mol. The van der Waals surface area contributed by atoms with Gasteiger partial charge in [0, 0.05) is 23.6 Å². The summed E-state index contributed by atoms with van der Waals surface area (Å²) in [5, 5.41) is 9.47. The molecule has 20 heavy (non-hydrogen) atoms. The van der Waals surface area contributed by atoms with E-state index in [2.05, 4.69) is 17.6 Å². The maximum Gasteiger partial charge on any atom is 0.328 e. The van der Waals surface area contributed by atoms with Crippen molar-refractivity contribution in [3.8, 4) is 0 Å². The second kappa shape index (κ2) is 5.71. The van der Waals surface area contributed by atoms with Gasteiger partial charge in [0.15, 0.2) is 0 Å². The second-order valence-electron chi connectivity index (χ2n) is 5.31. The van der Waals surface area contributed by atoms with Gasteiger partial charge in [-0.25, -0.2) is 9.78 Å². The summed E-state index contributed by atoms with van der Waals surface area (Å²) in [7, 11) is 0. The molecule has 0 aliphatic carbocycles. The Morgan fingerprint density at radius 2 is 2.05 bits per heavy atom. The van der Waals surface area contributed by atoms with Gasteiger partial charge >= 0.3 is 5.97 Å². The zero-order chi connectivity index (χ0) is 14.8. The fourth-order valence-electron chi connectivity index (χ4n) is 2.26. The number of imidazole rings is 1. The Hall–Kier alpha value is -1.75. The molecule has 1 atom stereocenters. The molecule has 2 aromatic rings. The highest BCUT2D eigenvalue weighted by Gasteiger charge is 2.34. The van der Waals surface area contributed by atoms with Gasteiger partial charge in [0.1, 0.15) is 11.9 Å². The largest absolute Gasteiger partial charge is 0.480 e. The molecule has 0 radical (unpaired) electrons. The first kappa shape index (κ1) is 14.7. The van der Waals surface area contributed by atoms with E-state index in [-0.39, 0.29) is 0 Å². The topological polar surface area (TPSA) is 55.1 Å². The number of aliphatic carboxylic acids is 1. The number of carbonyl (C=O) groups is 1. The van der Waals surface area contributed by atoms with E-state index in [4.69, 9.17) is 0 Å². The summed E-state index contributed by atoms with van der Waals surface area (Å²) in [6.07, 6.45) is 3.93. The molecular weight excluding hydrogens is 272 g/mol. The van der Waals surface area contributed by atoms with E-state index in [1.54, 1.807) is 30.8 Å². The fraction of sp³-hybridized carbons (Fsp3) is 0.333. The van der Waals surface area contributed by atoms with Crippen molar-refractivity contribution in [2.45, 2.75) is 31.1 Å². The number of benzene rings is 1. The first-order valence-electron chi connectivity index (χ1n) is 6.40.